The molecule has 0 atom stereocenters. The fourth-order valence-electron chi connectivity index (χ4n) is 4.08. The third kappa shape index (κ3) is 6.44. The molecule has 6 nitrogen and oxygen atoms in total. The standard InChI is InChI=1S/C22H34N2O4S/c1-16(2)29(26,27)24-19-10-8-17(9-11-19)22(25)23-18-12-14-21(15-13-18)28-20-6-4-3-5-7-20/h12-17,19-20,24H,3-11H2,1-2H3,(H,23,25). The van der Waals surface area contributed by atoms with E-state index in [9.17, 15) is 13.2 Å². The average molecular weight is 423 g/mol. The predicted octanol–water partition coefficient (Wildman–Crippen LogP) is 4.22. The maximum absolute atomic E-state index is 12.6. The van der Waals surface area contributed by atoms with Gasteiger partial charge in [-0.1, -0.05) is 6.42 Å². The molecule has 2 fully saturated rings. The summed E-state index contributed by atoms with van der Waals surface area (Å²) < 4.78 is 32.8. The Morgan fingerprint density at radius 2 is 1.59 bits per heavy atom. The first-order valence-electron chi connectivity index (χ1n) is 10.9. The molecule has 1 aromatic rings. The summed E-state index contributed by atoms with van der Waals surface area (Å²) in [7, 11) is -3.26. The van der Waals surface area contributed by atoms with Crippen LogP contribution in [0.1, 0.15) is 71.6 Å². The Morgan fingerprint density at radius 3 is 2.17 bits per heavy atom. The van der Waals surface area contributed by atoms with Crippen LogP contribution in [0.2, 0.25) is 0 Å². The van der Waals surface area contributed by atoms with E-state index in [0.717, 1.165) is 24.3 Å². The van der Waals surface area contributed by atoms with Crippen LogP contribution in [0.25, 0.3) is 0 Å². The Bertz CT molecular complexity index is 763. The molecule has 0 spiro atoms. The smallest absolute Gasteiger partial charge is 0.227 e. The number of carbonyl (C=O) groups is 1. The monoisotopic (exact) mass is 422 g/mol. The van der Waals surface area contributed by atoms with Crippen LogP contribution in [0, 0.1) is 5.92 Å². The van der Waals surface area contributed by atoms with E-state index < -0.39 is 15.3 Å². The maximum Gasteiger partial charge on any atom is 0.227 e. The first-order chi connectivity index (χ1) is 13.8. The molecule has 2 aliphatic carbocycles. The molecule has 162 valence electrons. The van der Waals surface area contributed by atoms with Gasteiger partial charge in [0.1, 0.15) is 5.75 Å². The minimum absolute atomic E-state index is 0.0103. The van der Waals surface area contributed by atoms with Crippen molar-refractivity contribution in [2.45, 2.75) is 89.0 Å². The predicted molar refractivity (Wildman–Crippen MR) is 116 cm³/mol. The van der Waals surface area contributed by atoms with Crippen molar-refractivity contribution in [3.63, 3.8) is 0 Å². The number of amides is 1. The first-order valence-corrected chi connectivity index (χ1v) is 12.5. The maximum atomic E-state index is 12.6. The third-order valence-electron chi connectivity index (χ3n) is 6.03. The molecule has 0 saturated heterocycles. The van der Waals surface area contributed by atoms with Gasteiger partial charge >= 0.3 is 0 Å². The molecule has 0 aliphatic heterocycles. The molecule has 0 aromatic heterocycles. The van der Waals surface area contributed by atoms with Crippen LogP contribution < -0.4 is 14.8 Å². The van der Waals surface area contributed by atoms with Crippen molar-refractivity contribution in [3.05, 3.63) is 24.3 Å². The number of hydrogen-bond donors (Lipinski definition) is 2. The Balaban J connectivity index is 1.44. The number of carbonyl (C=O) groups excluding carboxylic acids is 1. The number of sulfonamides is 1. The summed E-state index contributed by atoms with van der Waals surface area (Å²) in [6.07, 6.45) is 9.10. The highest BCUT2D eigenvalue weighted by atomic mass is 32.2. The van der Waals surface area contributed by atoms with E-state index in [4.69, 9.17) is 4.74 Å². The number of rotatable bonds is 7. The van der Waals surface area contributed by atoms with Crippen LogP contribution in [0.4, 0.5) is 5.69 Å². The molecule has 2 N–H and O–H groups in total. The van der Waals surface area contributed by atoms with Gasteiger partial charge in [0.05, 0.1) is 11.4 Å². The van der Waals surface area contributed by atoms with Crippen LogP contribution >= 0.6 is 0 Å². The lowest BCUT2D eigenvalue weighted by Crippen LogP contribution is -2.42. The zero-order chi connectivity index (χ0) is 20.9. The van der Waals surface area contributed by atoms with Crippen LogP contribution in [0.15, 0.2) is 24.3 Å². The van der Waals surface area contributed by atoms with Gasteiger partial charge in [-0.2, -0.15) is 0 Å². The number of anilines is 1. The lowest BCUT2D eigenvalue weighted by atomic mass is 9.86. The SMILES string of the molecule is CC(C)S(=O)(=O)NC1CCC(C(=O)Nc2ccc(OC3CCCCC3)cc2)CC1. The zero-order valence-electron chi connectivity index (χ0n) is 17.5. The van der Waals surface area contributed by atoms with Gasteiger partial charge in [0.2, 0.25) is 15.9 Å². The minimum atomic E-state index is -3.26. The van der Waals surface area contributed by atoms with Gasteiger partial charge in [-0.25, -0.2) is 13.1 Å². The van der Waals surface area contributed by atoms with Crippen molar-refractivity contribution < 1.29 is 17.9 Å². The van der Waals surface area contributed by atoms with Gasteiger partial charge in [0.15, 0.2) is 0 Å². The number of hydrogen-bond acceptors (Lipinski definition) is 4. The summed E-state index contributed by atoms with van der Waals surface area (Å²) in [6, 6.07) is 7.54. The van der Waals surface area contributed by atoms with E-state index in [1.165, 1.54) is 19.3 Å². The second kappa shape index (κ2) is 9.94. The van der Waals surface area contributed by atoms with Crippen molar-refractivity contribution >= 4 is 21.6 Å². The van der Waals surface area contributed by atoms with Gasteiger partial charge in [-0.3, -0.25) is 4.79 Å². The molecule has 0 heterocycles. The Hall–Kier alpha value is -1.60. The summed E-state index contributed by atoms with van der Waals surface area (Å²) in [5.41, 5.74) is 0.772. The average Bonchev–Trinajstić information content (AvgIpc) is 2.70. The quantitative estimate of drug-likeness (QED) is 0.689. The lowest BCUT2D eigenvalue weighted by Gasteiger charge is -2.28. The molecule has 0 bridgehead atoms. The van der Waals surface area contributed by atoms with Crippen LogP contribution in [0.5, 0.6) is 5.75 Å². The number of benzene rings is 1. The fourth-order valence-corrected chi connectivity index (χ4v) is 5.05. The van der Waals surface area contributed by atoms with Crippen molar-refractivity contribution in [1.82, 2.24) is 4.72 Å². The first kappa shape index (κ1) is 22.1. The summed E-state index contributed by atoms with van der Waals surface area (Å²) in [4.78, 5) is 12.6. The Labute approximate surface area is 174 Å². The van der Waals surface area contributed by atoms with E-state index in [0.29, 0.717) is 31.8 Å². The van der Waals surface area contributed by atoms with E-state index in [1.54, 1.807) is 13.8 Å². The summed E-state index contributed by atoms with van der Waals surface area (Å²) >= 11 is 0. The lowest BCUT2D eigenvalue weighted by molar-refractivity contribution is -0.120. The van der Waals surface area contributed by atoms with Crippen LogP contribution in [-0.4, -0.2) is 31.7 Å². The molecular weight excluding hydrogens is 388 g/mol. The molecule has 7 heteroatoms. The van der Waals surface area contributed by atoms with Crippen molar-refractivity contribution in [1.29, 1.82) is 0 Å². The van der Waals surface area contributed by atoms with E-state index in [1.807, 2.05) is 24.3 Å². The summed E-state index contributed by atoms with van der Waals surface area (Å²) in [5, 5.41) is 2.55. The molecule has 3 rings (SSSR count). The molecule has 0 radical (unpaired) electrons. The summed E-state index contributed by atoms with van der Waals surface area (Å²) in [6.45, 7) is 3.35. The van der Waals surface area contributed by atoms with Crippen LogP contribution in [-0.2, 0) is 14.8 Å². The normalized spacial score (nSPS) is 23.7. The third-order valence-corrected chi connectivity index (χ3v) is 7.93. The Kier molecular flexibility index (Phi) is 7.57. The fraction of sp³-hybridized carbons (Fsp3) is 0.682. The van der Waals surface area contributed by atoms with Gasteiger partial charge < -0.3 is 10.1 Å². The highest BCUT2D eigenvalue weighted by Gasteiger charge is 2.29. The molecule has 1 amide bonds. The van der Waals surface area contributed by atoms with Crippen molar-refractivity contribution in [2.24, 2.45) is 5.92 Å². The Morgan fingerprint density at radius 1 is 0.966 bits per heavy atom. The molecule has 29 heavy (non-hydrogen) atoms. The molecule has 2 aliphatic rings. The van der Waals surface area contributed by atoms with Crippen molar-refractivity contribution in [2.75, 3.05) is 5.32 Å². The molecule has 1 aromatic carbocycles. The van der Waals surface area contributed by atoms with Gasteiger partial charge in [0, 0.05) is 17.6 Å². The van der Waals surface area contributed by atoms with E-state index in [-0.39, 0.29) is 17.9 Å². The molecular formula is C22H34N2O4S. The number of nitrogens with one attached hydrogen (secondary N) is 2. The van der Waals surface area contributed by atoms with Gasteiger partial charge in [-0.15, -0.1) is 0 Å². The summed E-state index contributed by atoms with van der Waals surface area (Å²) in [5.74, 6) is 0.789. The van der Waals surface area contributed by atoms with E-state index >= 15 is 0 Å². The molecule has 2 saturated carbocycles. The molecule has 0 unspecified atom stereocenters. The second-order valence-electron chi connectivity index (χ2n) is 8.65. The second-order valence-corrected chi connectivity index (χ2v) is 10.9. The highest BCUT2D eigenvalue weighted by molar-refractivity contribution is 7.90. The topological polar surface area (TPSA) is 84.5 Å². The minimum Gasteiger partial charge on any atom is -0.490 e. The number of ether oxygens (including phenoxy) is 1. The van der Waals surface area contributed by atoms with Gasteiger partial charge in [-0.05, 0) is 89.5 Å². The highest BCUT2D eigenvalue weighted by Crippen LogP contribution is 2.28. The van der Waals surface area contributed by atoms with Gasteiger partial charge in [0.25, 0.3) is 0 Å². The van der Waals surface area contributed by atoms with Crippen LogP contribution in [0.3, 0.4) is 0 Å². The van der Waals surface area contributed by atoms with E-state index in [2.05, 4.69) is 10.0 Å². The largest absolute Gasteiger partial charge is 0.490 e. The zero-order valence-corrected chi connectivity index (χ0v) is 18.3. The van der Waals surface area contributed by atoms with Crippen molar-refractivity contribution in [3.8, 4) is 5.75 Å².